The molecule has 28 heavy (non-hydrogen) atoms. The summed E-state index contributed by atoms with van der Waals surface area (Å²) in [5.41, 5.74) is 3.19. The number of aromatic nitrogens is 4. The van der Waals surface area contributed by atoms with Crippen molar-refractivity contribution >= 4 is 16.6 Å². The summed E-state index contributed by atoms with van der Waals surface area (Å²) in [5, 5.41) is 7.61. The van der Waals surface area contributed by atoms with Gasteiger partial charge in [0.15, 0.2) is 0 Å². The van der Waals surface area contributed by atoms with E-state index in [0.717, 1.165) is 54.4 Å². The van der Waals surface area contributed by atoms with Crippen molar-refractivity contribution in [2.45, 2.75) is 26.4 Å². The van der Waals surface area contributed by atoms with Gasteiger partial charge in [0, 0.05) is 44.1 Å². The molecule has 3 heterocycles. The second-order valence-corrected chi connectivity index (χ2v) is 7.10. The number of hydrogen-bond donors (Lipinski definition) is 1. The number of hydrogen-bond acceptors (Lipinski definition) is 5. The lowest BCUT2D eigenvalue weighted by atomic mass is 10.2. The number of rotatable bonds is 5. The maximum absolute atomic E-state index is 12.6. The SMILES string of the molecule is Cc1cc(CN2CCN(c3ccc4c(=O)n(CC(F)F)cnc4c3)CC2)n[nH]1. The molecular weight excluding hydrogens is 366 g/mol. The van der Waals surface area contributed by atoms with E-state index in [4.69, 9.17) is 0 Å². The highest BCUT2D eigenvalue weighted by molar-refractivity contribution is 5.81. The van der Waals surface area contributed by atoms with Gasteiger partial charge in [0.05, 0.1) is 29.5 Å². The second kappa shape index (κ2) is 7.67. The Morgan fingerprint density at radius 2 is 1.96 bits per heavy atom. The molecule has 1 aromatic carbocycles. The predicted octanol–water partition coefficient (Wildman–Crippen LogP) is 2.02. The fourth-order valence-corrected chi connectivity index (χ4v) is 3.57. The molecule has 1 fully saturated rings. The van der Waals surface area contributed by atoms with Crippen molar-refractivity contribution < 1.29 is 8.78 Å². The van der Waals surface area contributed by atoms with E-state index in [2.05, 4.69) is 31.0 Å². The molecule has 0 unspecified atom stereocenters. The highest BCUT2D eigenvalue weighted by atomic mass is 19.3. The summed E-state index contributed by atoms with van der Waals surface area (Å²) in [6, 6.07) is 7.46. The van der Waals surface area contributed by atoms with E-state index in [1.807, 2.05) is 19.1 Å². The summed E-state index contributed by atoms with van der Waals surface area (Å²) < 4.78 is 26.1. The van der Waals surface area contributed by atoms with Crippen LogP contribution in [0.1, 0.15) is 11.4 Å². The van der Waals surface area contributed by atoms with Crippen LogP contribution < -0.4 is 10.5 Å². The van der Waals surface area contributed by atoms with Crippen molar-refractivity contribution in [2.24, 2.45) is 0 Å². The first-order valence-electron chi connectivity index (χ1n) is 9.25. The van der Waals surface area contributed by atoms with Crippen LogP contribution in [0, 0.1) is 6.92 Å². The monoisotopic (exact) mass is 388 g/mol. The first-order chi connectivity index (χ1) is 13.5. The number of aryl methyl sites for hydroxylation is 1. The fourth-order valence-electron chi connectivity index (χ4n) is 3.57. The van der Waals surface area contributed by atoms with Crippen LogP contribution in [0.5, 0.6) is 0 Å². The summed E-state index contributed by atoms with van der Waals surface area (Å²) in [5.74, 6) is 0. The molecule has 0 aliphatic carbocycles. The summed E-state index contributed by atoms with van der Waals surface area (Å²) >= 11 is 0. The second-order valence-electron chi connectivity index (χ2n) is 7.10. The van der Waals surface area contributed by atoms with Crippen molar-refractivity contribution in [1.82, 2.24) is 24.6 Å². The van der Waals surface area contributed by atoms with Gasteiger partial charge in [0.25, 0.3) is 12.0 Å². The lowest BCUT2D eigenvalue weighted by molar-refractivity contribution is 0.125. The van der Waals surface area contributed by atoms with Gasteiger partial charge in [0.2, 0.25) is 0 Å². The van der Waals surface area contributed by atoms with Crippen molar-refractivity contribution in [1.29, 1.82) is 0 Å². The molecule has 1 saturated heterocycles. The van der Waals surface area contributed by atoms with Gasteiger partial charge in [-0.2, -0.15) is 5.10 Å². The summed E-state index contributed by atoms with van der Waals surface area (Å²) in [7, 11) is 0. The molecule has 0 atom stereocenters. The number of aromatic amines is 1. The van der Waals surface area contributed by atoms with Crippen LogP contribution in [0.25, 0.3) is 10.9 Å². The smallest absolute Gasteiger partial charge is 0.261 e. The fraction of sp³-hybridized carbons (Fsp3) is 0.421. The normalized spacial score (nSPS) is 15.6. The first kappa shape index (κ1) is 18.5. The third kappa shape index (κ3) is 3.89. The minimum atomic E-state index is -2.59. The predicted molar refractivity (Wildman–Crippen MR) is 103 cm³/mol. The van der Waals surface area contributed by atoms with Crippen molar-refractivity contribution in [3.63, 3.8) is 0 Å². The molecule has 0 radical (unpaired) electrons. The Labute approximate surface area is 160 Å². The standard InChI is InChI=1S/C19H22F2N6O/c1-13-8-14(24-23-13)10-25-4-6-26(7-5-25)15-2-3-16-17(9-15)22-12-27(19(16)28)11-18(20)21/h2-3,8-9,12,18H,4-7,10-11H2,1H3,(H,23,24). The van der Waals surface area contributed by atoms with Crippen molar-refractivity contribution in [2.75, 3.05) is 31.1 Å². The molecule has 2 aromatic heterocycles. The number of piperazine rings is 1. The van der Waals surface area contributed by atoms with Gasteiger partial charge in [-0.25, -0.2) is 13.8 Å². The van der Waals surface area contributed by atoms with Crippen LogP contribution in [0.4, 0.5) is 14.5 Å². The van der Waals surface area contributed by atoms with E-state index in [9.17, 15) is 13.6 Å². The largest absolute Gasteiger partial charge is 0.369 e. The van der Waals surface area contributed by atoms with E-state index < -0.39 is 18.5 Å². The van der Waals surface area contributed by atoms with Crippen molar-refractivity contribution in [3.05, 3.63) is 52.3 Å². The lowest BCUT2D eigenvalue weighted by Crippen LogP contribution is -2.46. The van der Waals surface area contributed by atoms with Crippen LogP contribution in [0.15, 0.2) is 35.4 Å². The molecule has 0 spiro atoms. The summed E-state index contributed by atoms with van der Waals surface area (Å²) in [4.78, 5) is 21.1. The topological polar surface area (TPSA) is 70.1 Å². The van der Waals surface area contributed by atoms with Gasteiger partial charge in [-0.3, -0.25) is 19.4 Å². The zero-order chi connectivity index (χ0) is 19.7. The van der Waals surface area contributed by atoms with Gasteiger partial charge >= 0.3 is 0 Å². The van der Waals surface area contributed by atoms with E-state index in [-0.39, 0.29) is 0 Å². The number of anilines is 1. The third-order valence-electron chi connectivity index (χ3n) is 5.03. The molecule has 7 nitrogen and oxygen atoms in total. The molecule has 0 bridgehead atoms. The minimum Gasteiger partial charge on any atom is -0.369 e. The number of alkyl halides is 2. The van der Waals surface area contributed by atoms with Crippen LogP contribution >= 0.6 is 0 Å². The Bertz CT molecular complexity index is 1020. The number of H-pyrrole nitrogens is 1. The first-order valence-corrected chi connectivity index (χ1v) is 9.25. The Balaban J connectivity index is 1.45. The number of nitrogens with zero attached hydrogens (tertiary/aromatic N) is 5. The van der Waals surface area contributed by atoms with Crippen LogP contribution in [-0.2, 0) is 13.1 Å². The molecule has 0 saturated carbocycles. The highest BCUT2D eigenvalue weighted by Crippen LogP contribution is 2.21. The summed E-state index contributed by atoms with van der Waals surface area (Å²) in [6.45, 7) is 5.71. The number of benzene rings is 1. The number of halogens is 2. The number of fused-ring (bicyclic) bond motifs is 1. The summed E-state index contributed by atoms with van der Waals surface area (Å²) in [6.07, 6.45) is -1.39. The zero-order valence-corrected chi connectivity index (χ0v) is 15.6. The molecule has 4 rings (SSSR count). The van der Waals surface area contributed by atoms with Gasteiger partial charge in [-0.1, -0.05) is 0 Å². The number of nitrogens with one attached hydrogen (secondary N) is 1. The van der Waals surface area contributed by atoms with E-state index in [1.54, 1.807) is 6.07 Å². The Kier molecular flexibility index (Phi) is 5.08. The van der Waals surface area contributed by atoms with Crippen LogP contribution in [0.3, 0.4) is 0 Å². The quantitative estimate of drug-likeness (QED) is 0.724. The van der Waals surface area contributed by atoms with Crippen LogP contribution in [-0.4, -0.2) is 57.3 Å². The molecule has 1 aliphatic rings. The average Bonchev–Trinajstić information content (AvgIpc) is 3.09. The molecule has 9 heteroatoms. The lowest BCUT2D eigenvalue weighted by Gasteiger charge is -2.35. The van der Waals surface area contributed by atoms with E-state index >= 15 is 0 Å². The van der Waals surface area contributed by atoms with E-state index in [1.165, 1.54) is 6.33 Å². The third-order valence-corrected chi connectivity index (χ3v) is 5.03. The van der Waals surface area contributed by atoms with Crippen LogP contribution in [0.2, 0.25) is 0 Å². The Morgan fingerprint density at radius 1 is 1.18 bits per heavy atom. The van der Waals surface area contributed by atoms with E-state index in [0.29, 0.717) is 10.9 Å². The molecular formula is C19H22F2N6O. The molecule has 1 N–H and O–H groups in total. The molecule has 3 aromatic rings. The molecule has 0 amide bonds. The van der Waals surface area contributed by atoms with Gasteiger partial charge < -0.3 is 4.90 Å². The zero-order valence-electron chi connectivity index (χ0n) is 15.6. The Morgan fingerprint density at radius 3 is 2.64 bits per heavy atom. The maximum Gasteiger partial charge on any atom is 0.261 e. The maximum atomic E-state index is 12.6. The highest BCUT2D eigenvalue weighted by Gasteiger charge is 2.19. The van der Waals surface area contributed by atoms with Crippen molar-refractivity contribution in [3.8, 4) is 0 Å². The van der Waals surface area contributed by atoms with Gasteiger partial charge in [0.1, 0.15) is 0 Å². The molecule has 148 valence electrons. The van der Waals surface area contributed by atoms with Gasteiger partial charge in [-0.05, 0) is 31.2 Å². The minimum absolute atomic E-state index is 0.361. The Hall–Kier alpha value is -2.81. The average molecular weight is 388 g/mol. The van der Waals surface area contributed by atoms with Gasteiger partial charge in [-0.15, -0.1) is 0 Å². The molecule has 1 aliphatic heterocycles.